The normalized spacial score (nSPS) is 33.6. The fourth-order valence-corrected chi connectivity index (χ4v) is 8.82. The minimum absolute atomic E-state index is 0.0308. The molecule has 1 aromatic carbocycles. The molecule has 3 atom stereocenters. The lowest BCUT2D eigenvalue weighted by Gasteiger charge is -2.62. The third-order valence-electron chi connectivity index (χ3n) is 8.13. The Kier molecular flexibility index (Phi) is 6.36. The lowest BCUT2D eigenvalue weighted by atomic mass is 9.50. The summed E-state index contributed by atoms with van der Waals surface area (Å²) in [6.07, 6.45) is 1.24. The summed E-state index contributed by atoms with van der Waals surface area (Å²) in [5, 5.41) is 3.50. The molecule has 5 fully saturated rings. The van der Waals surface area contributed by atoms with Gasteiger partial charge >= 0.3 is 6.36 Å². The lowest BCUT2D eigenvalue weighted by molar-refractivity contribution is -0.274. The predicted octanol–water partition coefficient (Wildman–Crippen LogP) is 3.19. The SMILES string of the molecule is C=N[C@@H]1CCCN1C(=O)CNC12CC3CC(C1)CC(NS(=O)(=O)c1cccc(OC(F)(F)F)c1)(C3)C2. The number of ether oxygens (including phenoxy) is 1. The highest BCUT2D eigenvalue weighted by atomic mass is 32.2. The molecule has 2 N–H and O–H groups in total. The van der Waals surface area contributed by atoms with Crippen molar-refractivity contribution in [1.29, 1.82) is 0 Å². The number of likely N-dealkylation sites (tertiary alicyclic amines) is 1. The van der Waals surface area contributed by atoms with Crippen molar-refractivity contribution in [1.82, 2.24) is 14.9 Å². The van der Waals surface area contributed by atoms with E-state index < -0.39 is 27.7 Å². The number of aliphatic imine (C=N–C) groups is 1. The van der Waals surface area contributed by atoms with Gasteiger partial charge in [-0.15, -0.1) is 13.2 Å². The van der Waals surface area contributed by atoms with E-state index in [1.165, 1.54) is 12.1 Å². The third-order valence-corrected chi connectivity index (χ3v) is 9.70. The van der Waals surface area contributed by atoms with Crippen LogP contribution in [0.15, 0.2) is 34.2 Å². The molecule has 1 heterocycles. The molecule has 4 bridgehead atoms. The Morgan fingerprint density at radius 2 is 1.89 bits per heavy atom. The molecule has 198 valence electrons. The van der Waals surface area contributed by atoms with E-state index in [4.69, 9.17) is 0 Å². The van der Waals surface area contributed by atoms with Crippen LogP contribution in [-0.2, 0) is 14.8 Å². The summed E-state index contributed by atoms with van der Waals surface area (Å²) < 4.78 is 71.3. The van der Waals surface area contributed by atoms with Crippen LogP contribution in [0.25, 0.3) is 0 Å². The molecule has 1 saturated heterocycles. The van der Waals surface area contributed by atoms with E-state index in [9.17, 15) is 26.4 Å². The summed E-state index contributed by atoms with van der Waals surface area (Å²) in [6.45, 7) is 4.40. The number of rotatable bonds is 8. The first kappa shape index (κ1) is 25.5. The number of carbonyl (C=O) groups excluding carboxylic acids is 1. The number of benzene rings is 1. The van der Waals surface area contributed by atoms with Crippen LogP contribution < -0.4 is 14.8 Å². The summed E-state index contributed by atoms with van der Waals surface area (Å²) in [5.41, 5.74) is -1.07. The van der Waals surface area contributed by atoms with Crippen molar-refractivity contribution in [2.24, 2.45) is 16.8 Å². The lowest BCUT2D eigenvalue weighted by Crippen LogP contribution is -2.69. The molecule has 12 heteroatoms. The third kappa shape index (κ3) is 5.12. The number of halogens is 3. The van der Waals surface area contributed by atoms with Crippen molar-refractivity contribution in [3.8, 4) is 5.75 Å². The molecule has 0 spiro atoms. The molecular formula is C24H31F3N4O4S. The van der Waals surface area contributed by atoms with Crippen LogP contribution in [0, 0.1) is 11.8 Å². The van der Waals surface area contributed by atoms with Gasteiger partial charge in [-0.2, -0.15) is 0 Å². The van der Waals surface area contributed by atoms with Gasteiger partial charge in [0.15, 0.2) is 0 Å². The zero-order valence-electron chi connectivity index (χ0n) is 19.9. The van der Waals surface area contributed by atoms with Gasteiger partial charge in [-0.25, -0.2) is 13.1 Å². The smallest absolute Gasteiger partial charge is 0.406 e. The molecule has 0 aromatic heterocycles. The van der Waals surface area contributed by atoms with Gasteiger partial charge in [0, 0.05) is 23.7 Å². The molecule has 5 aliphatic rings. The molecule has 4 saturated carbocycles. The number of amides is 1. The number of nitrogens with one attached hydrogen (secondary N) is 2. The van der Waals surface area contributed by atoms with Gasteiger partial charge in [0.1, 0.15) is 11.9 Å². The van der Waals surface area contributed by atoms with Gasteiger partial charge in [0.05, 0.1) is 11.4 Å². The van der Waals surface area contributed by atoms with E-state index in [1.54, 1.807) is 4.90 Å². The van der Waals surface area contributed by atoms with Crippen molar-refractivity contribution < 1.29 is 31.1 Å². The molecule has 1 aromatic rings. The number of sulfonamides is 1. The van der Waals surface area contributed by atoms with Crippen LogP contribution in [0.2, 0.25) is 0 Å². The molecule has 1 amide bonds. The highest BCUT2D eigenvalue weighted by Gasteiger charge is 2.58. The zero-order chi connectivity index (χ0) is 25.8. The Hall–Kier alpha value is -2.18. The van der Waals surface area contributed by atoms with E-state index in [2.05, 4.69) is 26.5 Å². The monoisotopic (exact) mass is 528 g/mol. The summed E-state index contributed by atoms with van der Waals surface area (Å²) >= 11 is 0. The van der Waals surface area contributed by atoms with Gasteiger partial charge in [0.2, 0.25) is 15.9 Å². The predicted molar refractivity (Wildman–Crippen MR) is 126 cm³/mol. The quantitative estimate of drug-likeness (QED) is 0.505. The molecule has 2 unspecified atom stereocenters. The topological polar surface area (TPSA) is 100 Å². The van der Waals surface area contributed by atoms with Gasteiger partial charge < -0.3 is 15.0 Å². The van der Waals surface area contributed by atoms with Crippen molar-refractivity contribution in [3.63, 3.8) is 0 Å². The fourth-order valence-electron chi connectivity index (χ4n) is 7.37. The van der Waals surface area contributed by atoms with Crippen LogP contribution in [0.1, 0.15) is 51.4 Å². The Morgan fingerprint density at radius 3 is 2.56 bits per heavy atom. The van der Waals surface area contributed by atoms with Gasteiger partial charge in [-0.05, 0) is 82.1 Å². The van der Waals surface area contributed by atoms with Gasteiger partial charge in [0.25, 0.3) is 0 Å². The number of hydrogen-bond acceptors (Lipinski definition) is 6. The van der Waals surface area contributed by atoms with Crippen LogP contribution >= 0.6 is 0 Å². The summed E-state index contributed by atoms with van der Waals surface area (Å²) in [5.74, 6) is 0.00942. The van der Waals surface area contributed by atoms with Crippen LogP contribution in [0.3, 0.4) is 0 Å². The van der Waals surface area contributed by atoms with Crippen molar-refractivity contribution in [2.75, 3.05) is 13.1 Å². The summed E-state index contributed by atoms with van der Waals surface area (Å²) in [7, 11) is -4.10. The van der Waals surface area contributed by atoms with Gasteiger partial charge in [-0.1, -0.05) is 6.07 Å². The van der Waals surface area contributed by atoms with Crippen molar-refractivity contribution >= 4 is 22.6 Å². The highest BCUT2D eigenvalue weighted by molar-refractivity contribution is 7.89. The zero-order valence-corrected chi connectivity index (χ0v) is 20.7. The Bertz CT molecular complexity index is 1130. The van der Waals surface area contributed by atoms with Crippen molar-refractivity contribution in [2.45, 2.75) is 79.9 Å². The van der Waals surface area contributed by atoms with E-state index in [0.29, 0.717) is 37.6 Å². The maximum atomic E-state index is 13.3. The van der Waals surface area contributed by atoms with Crippen LogP contribution in [0.4, 0.5) is 13.2 Å². The van der Waals surface area contributed by atoms with E-state index in [1.807, 2.05) is 0 Å². The molecule has 4 aliphatic carbocycles. The second-order valence-corrected chi connectivity index (χ2v) is 12.6. The highest BCUT2D eigenvalue weighted by Crippen LogP contribution is 2.57. The molecule has 0 radical (unpaired) electrons. The number of nitrogens with zero attached hydrogens (tertiary/aromatic N) is 2. The molecule has 6 rings (SSSR count). The average molecular weight is 529 g/mol. The van der Waals surface area contributed by atoms with E-state index >= 15 is 0 Å². The fraction of sp³-hybridized carbons (Fsp3) is 0.667. The van der Waals surface area contributed by atoms with Crippen LogP contribution in [-0.4, -0.2) is 62.6 Å². The molecule has 36 heavy (non-hydrogen) atoms. The Balaban J connectivity index is 1.32. The first-order chi connectivity index (χ1) is 16.9. The van der Waals surface area contributed by atoms with Gasteiger partial charge in [-0.3, -0.25) is 9.79 Å². The maximum absolute atomic E-state index is 13.3. The molecule has 8 nitrogen and oxygen atoms in total. The first-order valence-electron chi connectivity index (χ1n) is 12.3. The number of hydrogen-bond donors (Lipinski definition) is 2. The second kappa shape index (κ2) is 8.98. The molecular weight excluding hydrogens is 497 g/mol. The van der Waals surface area contributed by atoms with E-state index in [-0.39, 0.29) is 29.1 Å². The minimum Gasteiger partial charge on any atom is -0.406 e. The summed E-state index contributed by atoms with van der Waals surface area (Å²) in [4.78, 5) is 18.4. The first-order valence-corrected chi connectivity index (χ1v) is 13.8. The standard InChI is InChI=1S/C24H31F3N4O4S/c1-28-20-6-3-7-31(20)21(32)14-29-22-10-16-8-17(11-22)13-23(12-16,15-22)30-36(33,34)19-5-2-4-18(9-19)35-24(25,26)27/h2,4-5,9,16-17,20,29-30H,1,3,6-8,10-15H2/t16?,17?,20-,22?,23?/m0/s1. The number of carbonyl (C=O) groups is 1. The Morgan fingerprint density at radius 1 is 1.19 bits per heavy atom. The van der Waals surface area contributed by atoms with Crippen LogP contribution in [0.5, 0.6) is 5.75 Å². The van der Waals surface area contributed by atoms with Crippen molar-refractivity contribution in [3.05, 3.63) is 24.3 Å². The number of alkyl halides is 3. The average Bonchev–Trinajstić information content (AvgIpc) is 3.24. The minimum atomic E-state index is -4.91. The Labute approximate surface area is 208 Å². The maximum Gasteiger partial charge on any atom is 0.573 e. The largest absolute Gasteiger partial charge is 0.573 e. The second-order valence-electron chi connectivity index (χ2n) is 10.9. The van der Waals surface area contributed by atoms with E-state index in [0.717, 1.165) is 44.2 Å². The molecule has 1 aliphatic heterocycles. The summed E-state index contributed by atoms with van der Waals surface area (Å²) in [6, 6.07) is 4.45.